The van der Waals surface area contributed by atoms with E-state index in [1.54, 1.807) is 0 Å². The highest BCUT2D eigenvalue weighted by Crippen LogP contribution is 2.13. The number of amides is 1. The van der Waals surface area contributed by atoms with Crippen molar-refractivity contribution in [1.82, 2.24) is 4.90 Å². The zero-order chi connectivity index (χ0) is 15.3. The van der Waals surface area contributed by atoms with E-state index in [0.29, 0.717) is 5.56 Å². The van der Waals surface area contributed by atoms with Gasteiger partial charge in [0.15, 0.2) is 5.78 Å². The smallest absolute Gasteiger partial charge is 0.231 e. The van der Waals surface area contributed by atoms with Crippen molar-refractivity contribution < 1.29 is 9.59 Å². The van der Waals surface area contributed by atoms with Gasteiger partial charge in [-0.15, -0.1) is 0 Å². The third-order valence-corrected chi connectivity index (χ3v) is 3.53. The summed E-state index contributed by atoms with van der Waals surface area (Å²) in [4.78, 5) is 25.4. The number of primary amides is 1. The maximum Gasteiger partial charge on any atom is 0.231 e. The maximum absolute atomic E-state index is 12.5. The number of nitrogens with zero attached hydrogens (tertiary/aromatic N) is 1. The van der Waals surface area contributed by atoms with Gasteiger partial charge in [-0.3, -0.25) is 14.5 Å². The number of rotatable bonds is 7. The van der Waals surface area contributed by atoms with Gasteiger partial charge in [0.25, 0.3) is 0 Å². The molecule has 0 aliphatic carbocycles. The molecule has 1 amide bonds. The first-order valence-corrected chi connectivity index (χ1v) is 7.04. The van der Waals surface area contributed by atoms with Crippen molar-refractivity contribution in [3.63, 3.8) is 0 Å². The number of Topliss-reactive ketones (excluding diaryl/α,β-unsaturated/α-hetero) is 1. The van der Waals surface area contributed by atoms with Gasteiger partial charge in [-0.2, -0.15) is 0 Å². The van der Waals surface area contributed by atoms with Crippen LogP contribution >= 0.6 is 0 Å². The summed E-state index contributed by atoms with van der Waals surface area (Å²) >= 11 is 0. The molecule has 110 valence electrons. The second-order valence-electron chi connectivity index (χ2n) is 5.32. The Morgan fingerprint density at radius 2 is 1.70 bits per heavy atom. The third kappa shape index (κ3) is 4.17. The SMILES string of the molecule is CCc1ccc(C(=O)C(C)N(CC(N)=O)C(C)C)cc1. The fraction of sp³-hybridized carbons (Fsp3) is 0.500. The molecule has 4 heteroatoms. The Morgan fingerprint density at radius 1 is 1.15 bits per heavy atom. The van der Waals surface area contributed by atoms with Crippen molar-refractivity contribution in [3.8, 4) is 0 Å². The molecule has 1 aromatic rings. The Hall–Kier alpha value is -1.68. The van der Waals surface area contributed by atoms with Crippen LogP contribution in [0, 0.1) is 0 Å². The highest BCUT2D eigenvalue weighted by atomic mass is 16.1. The first-order chi connectivity index (χ1) is 9.36. The summed E-state index contributed by atoms with van der Waals surface area (Å²) in [5, 5.41) is 0. The first kappa shape index (κ1) is 16.4. The largest absolute Gasteiger partial charge is 0.369 e. The van der Waals surface area contributed by atoms with Crippen molar-refractivity contribution in [2.24, 2.45) is 5.73 Å². The van der Waals surface area contributed by atoms with Crippen molar-refractivity contribution >= 4 is 11.7 Å². The van der Waals surface area contributed by atoms with Gasteiger partial charge in [-0.25, -0.2) is 0 Å². The number of nitrogens with two attached hydrogens (primary N) is 1. The highest BCUT2D eigenvalue weighted by Gasteiger charge is 2.25. The number of carbonyl (C=O) groups is 2. The lowest BCUT2D eigenvalue weighted by atomic mass is 10.0. The number of aryl methyl sites for hydroxylation is 1. The quantitative estimate of drug-likeness (QED) is 0.775. The number of benzene rings is 1. The van der Waals surface area contributed by atoms with Gasteiger partial charge < -0.3 is 5.73 Å². The normalized spacial score (nSPS) is 12.7. The molecule has 0 saturated carbocycles. The lowest BCUT2D eigenvalue weighted by molar-refractivity contribution is -0.119. The Balaban J connectivity index is 2.89. The van der Waals surface area contributed by atoms with E-state index < -0.39 is 5.91 Å². The van der Waals surface area contributed by atoms with E-state index >= 15 is 0 Å². The lowest BCUT2D eigenvalue weighted by Crippen LogP contribution is -2.47. The second-order valence-corrected chi connectivity index (χ2v) is 5.32. The standard InChI is InChI=1S/C16H24N2O2/c1-5-13-6-8-14(9-7-13)16(20)12(4)18(11(2)3)10-15(17)19/h6-9,11-12H,5,10H2,1-4H3,(H2,17,19). The van der Waals surface area contributed by atoms with Crippen LogP contribution in [-0.4, -0.2) is 35.2 Å². The van der Waals surface area contributed by atoms with Crippen LogP contribution in [0.3, 0.4) is 0 Å². The minimum Gasteiger partial charge on any atom is -0.369 e. The van der Waals surface area contributed by atoms with Gasteiger partial charge >= 0.3 is 0 Å². The highest BCUT2D eigenvalue weighted by molar-refractivity contribution is 6.00. The maximum atomic E-state index is 12.5. The van der Waals surface area contributed by atoms with Crippen LogP contribution in [0.2, 0.25) is 0 Å². The zero-order valence-corrected chi connectivity index (χ0v) is 12.7. The fourth-order valence-electron chi connectivity index (χ4n) is 2.24. The summed E-state index contributed by atoms with van der Waals surface area (Å²) in [5.74, 6) is -0.401. The Kier molecular flexibility index (Phi) is 5.89. The topological polar surface area (TPSA) is 63.4 Å². The van der Waals surface area contributed by atoms with E-state index in [1.807, 2.05) is 49.9 Å². The summed E-state index contributed by atoms with van der Waals surface area (Å²) in [5.41, 5.74) is 7.13. The molecule has 1 aromatic carbocycles. The third-order valence-electron chi connectivity index (χ3n) is 3.53. The predicted molar refractivity (Wildman–Crippen MR) is 80.6 cm³/mol. The molecule has 0 aliphatic heterocycles. The Morgan fingerprint density at radius 3 is 2.10 bits per heavy atom. The molecule has 1 atom stereocenters. The Bertz CT molecular complexity index is 466. The predicted octanol–water partition coefficient (Wildman–Crippen LogP) is 2.02. The summed E-state index contributed by atoms with van der Waals surface area (Å²) in [6, 6.07) is 7.34. The average Bonchev–Trinajstić information content (AvgIpc) is 2.43. The van der Waals surface area contributed by atoms with Crippen molar-refractivity contribution in [2.45, 2.75) is 46.2 Å². The number of ketones is 1. The molecule has 4 nitrogen and oxygen atoms in total. The molecule has 0 aliphatic rings. The van der Waals surface area contributed by atoms with E-state index in [9.17, 15) is 9.59 Å². The van der Waals surface area contributed by atoms with Gasteiger partial charge in [-0.1, -0.05) is 31.2 Å². The molecule has 0 saturated heterocycles. The van der Waals surface area contributed by atoms with Crippen LogP contribution in [0.1, 0.15) is 43.6 Å². The zero-order valence-electron chi connectivity index (χ0n) is 12.7. The van der Waals surface area contributed by atoms with Crippen molar-refractivity contribution in [1.29, 1.82) is 0 Å². The van der Waals surface area contributed by atoms with Gasteiger partial charge in [-0.05, 0) is 32.8 Å². The molecule has 20 heavy (non-hydrogen) atoms. The number of hydrogen-bond acceptors (Lipinski definition) is 3. The molecule has 0 heterocycles. The molecule has 1 rings (SSSR count). The van der Waals surface area contributed by atoms with Crippen molar-refractivity contribution in [3.05, 3.63) is 35.4 Å². The molecule has 0 spiro atoms. The number of hydrogen-bond donors (Lipinski definition) is 1. The monoisotopic (exact) mass is 276 g/mol. The summed E-state index contributed by atoms with van der Waals surface area (Å²) in [6.07, 6.45) is 0.948. The molecule has 1 unspecified atom stereocenters. The van der Waals surface area contributed by atoms with E-state index in [4.69, 9.17) is 5.73 Å². The van der Waals surface area contributed by atoms with E-state index in [1.165, 1.54) is 5.56 Å². The molecular weight excluding hydrogens is 252 g/mol. The van der Waals surface area contributed by atoms with E-state index in [2.05, 4.69) is 6.92 Å². The van der Waals surface area contributed by atoms with Gasteiger partial charge in [0, 0.05) is 11.6 Å². The summed E-state index contributed by atoms with van der Waals surface area (Å²) in [7, 11) is 0. The summed E-state index contributed by atoms with van der Waals surface area (Å²) in [6.45, 7) is 7.89. The minimum atomic E-state index is -0.417. The van der Waals surface area contributed by atoms with E-state index in [-0.39, 0.29) is 24.4 Å². The van der Waals surface area contributed by atoms with Gasteiger partial charge in [0.05, 0.1) is 12.6 Å². The van der Waals surface area contributed by atoms with Crippen molar-refractivity contribution in [2.75, 3.05) is 6.54 Å². The lowest BCUT2D eigenvalue weighted by Gasteiger charge is -2.30. The first-order valence-electron chi connectivity index (χ1n) is 7.04. The molecule has 0 radical (unpaired) electrons. The van der Waals surface area contributed by atoms with E-state index in [0.717, 1.165) is 6.42 Å². The fourth-order valence-corrected chi connectivity index (χ4v) is 2.24. The van der Waals surface area contributed by atoms with Gasteiger partial charge in [0.1, 0.15) is 0 Å². The average molecular weight is 276 g/mol. The van der Waals surface area contributed by atoms with Crippen LogP contribution in [0.5, 0.6) is 0 Å². The number of carbonyl (C=O) groups excluding carboxylic acids is 2. The second kappa shape index (κ2) is 7.20. The van der Waals surface area contributed by atoms with Gasteiger partial charge in [0.2, 0.25) is 5.91 Å². The van der Waals surface area contributed by atoms with Crippen LogP contribution in [-0.2, 0) is 11.2 Å². The summed E-state index contributed by atoms with van der Waals surface area (Å²) < 4.78 is 0. The molecule has 0 bridgehead atoms. The van der Waals surface area contributed by atoms with Crippen LogP contribution < -0.4 is 5.73 Å². The molecule has 0 aromatic heterocycles. The molecular formula is C16H24N2O2. The van der Waals surface area contributed by atoms with Crippen LogP contribution in [0.25, 0.3) is 0 Å². The molecule has 2 N–H and O–H groups in total. The Labute approximate surface area is 121 Å². The van der Waals surface area contributed by atoms with Crippen LogP contribution in [0.15, 0.2) is 24.3 Å². The van der Waals surface area contributed by atoms with Crippen LogP contribution in [0.4, 0.5) is 0 Å². The minimum absolute atomic E-state index is 0.0163. The molecule has 0 fully saturated rings.